The summed E-state index contributed by atoms with van der Waals surface area (Å²) in [7, 11) is 0. The van der Waals surface area contributed by atoms with E-state index in [0.717, 1.165) is 11.3 Å². The van der Waals surface area contributed by atoms with Crippen molar-refractivity contribution in [3.05, 3.63) is 54.4 Å². The largest absolute Gasteiger partial charge is 0.489 e. The number of ether oxygens (including phenoxy) is 1. The van der Waals surface area contributed by atoms with Gasteiger partial charge in [-0.05, 0) is 36.6 Å². The predicted octanol–water partition coefficient (Wildman–Crippen LogP) is 2.68. The molecule has 2 aromatic rings. The molecule has 2 rings (SSSR count). The summed E-state index contributed by atoms with van der Waals surface area (Å²) in [5, 5.41) is 2.82. The zero-order valence-electron chi connectivity index (χ0n) is 13.1. The van der Waals surface area contributed by atoms with Gasteiger partial charge in [-0.15, -0.1) is 0 Å². The lowest BCUT2D eigenvalue weighted by atomic mass is 10.2. The van der Waals surface area contributed by atoms with Gasteiger partial charge in [-0.3, -0.25) is 9.78 Å². The molecular weight excluding hydrogens is 310 g/mol. The fourth-order valence-electron chi connectivity index (χ4n) is 1.92. The second-order valence-corrected chi connectivity index (χ2v) is 6.04. The number of anilines is 1. The maximum atomic E-state index is 12.0. The number of pyridine rings is 1. The Morgan fingerprint density at radius 2 is 2.26 bits per heavy atom. The van der Waals surface area contributed by atoms with E-state index in [1.54, 1.807) is 30.2 Å². The van der Waals surface area contributed by atoms with E-state index in [-0.39, 0.29) is 5.91 Å². The fraction of sp³-hybridized carbons (Fsp3) is 0.294. The van der Waals surface area contributed by atoms with Gasteiger partial charge in [0.15, 0.2) is 0 Å². The highest BCUT2D eigenvalue weighted by Gasteiger charge is 2.13. The average Bonchev–Trinajstić information content (AvgIpc) is 2.59. The van der Waals surface area contributed by atoms with E-state index in [0.29, 0.717) is 24.5 Å². The van der Waals surface area contributed by atoms with Gasteiger partial charge in [0.05, 0.1) is 6.04 Å². The Hall–Kier alpha value is -2.05. The number of hydrogen-bond donors (Lipinski definition) is 2. The highest BCUT2D eigenvalue weighted by molar-refractivity contribution is 7.98. The molecule has 0 saturated heterocycles. The smallest absolute Gasteiger partial charge is 0.241 e. The molecule has 1 atom stereocenters. The molecular formula is C17H21N3O2S. The van der Waals surface area contributed by atoms with Gasteiger partial charge in [-0.1, -0.05) is 12.1 Å². The zero-order valence-corrected chi connectivity index (χ0v) is 13.9. The summed E-state index contributed by atoms with van der Waals surface area (Å²) in [6, 6.07) is 10.6. The van der Waals surface area contributed by atoms with Gasteiger partial charge < -0.3 is 15.8 Å². The summed E-state index contributed by atoms with van der Waals surface area (Å²) in [6.07, 6.45) is 6.13. The Bertz CT molecular complexity index is 622. The molecule has 1 aromatic heterocycles. The topological polar surface area (TPSA) is 77.2 Å². The molecule has 0 fully saturated rings. The van der Waals surface area contributed by atoms with Crippen LogP contribution in [0.25, 0.3) is 0 Å². The number of benzene rings is 1. The van der Waals surface area contributed by atoms with Gasteiger partial charge >= 0.3 is 0 Å². The molecule has 0 saturated carbocycles. The first-order chi connectivity index (χ1) is 11.2. The van der Waals surface area contributed by atoms with Gasteiger partial charge in [-0.2, -0.15) is 11.8 Å². The molecule has 5 nitrogen and oxygen atoms in total. The summed E-state index contributed by atoms with van der Waals surface area (Å²) >= 11 is 1.68. The molecule has 1 amide bonds. The van der Waals surface area contributed by atoms with Crippen LogP contribution < -0.4 is 15.8 Å². The normalized spacial score (nSPS) is 11.7. The van der Waals surface area contributed by atoms with Crippen molar-refractivity contribution < 1.29 is 9.53 Å². The van der Waals surface area contributed by atoms with Crippen molar-refractivity contribution in [3.63, 3.8) is 0 Å². The van der Waals surface area contributed by atoms with E-state index in [4.69, 9.17) is 10.5 Å². The van der Waals surface area contributed by atoms with Crippen LogP contribution in [0.5, 0.6) is 5.75 Å². The van der Waals surface area contributed by atoms with E-state index in [1.165, 1.54) is 0 Å². The lowest BCUT2D eigenvalue weighted by Gasteiger charge is -2.13. The van der Waals surface area contributed by atoms with Crippen LogP contribution in [0.15, 0.2) is 48.8 Å². The number of carbonyl (C=O) groups is 1. The summed E-state index contributed by atoms with van der Waals surface area (Å²) in [6.45, 7) is 0.429. The van der Waals surface area contributed by atoms with Crippen LogP contribution in [0.2, 0.25) is 0 Å². The Morgan fingerprint density at radius 1 is 1.39 bits per heavy atom. The molecule has 3 N–H and O–H groups in total. The maximum absolute atomic E-state index is 12.0. The van der Waals surface area contributed by atoms with Crippen LogP contribution in [0.3, 0.4) is 0 Å². The third-order valence-corrected chi connectivity index (χ3v) is 3.84. The Kier molecular flexibility index (Phi) is 6.90. The molecule has 0 aliphatic rings. The van der Waals surface area contributed by atoms with Crippen molar-refractivity contribution in [1.29, 1.82) is 0 Å². The van der Waals surface area contributed by atoms with Crippen LogP contribution in [0.1, 0.15) is 12.0 Å². The van der Waals surface area contributed by atoms with Crippen molar-refractivity contribution in [3.8, 4) is 5.75 Å². The third kappa shape index (κ3) is 5.92. The number of nitrogens with two attached hydrogens (primary N) is 1. The number of hydrogen-bond acceptors (Lipinski definition) is 5. The van der Waals surface area contributed by atoms with E-state index >= 15 is 0 Å². The van der Waals surface area contributed by atoms with Crippen molar-refractivity contribution in [2.45, 2.75) is 19.1 Å². The third-order valence-electron chi connectivity index (χ3n) is 3.20. The molecule has 23 heavy (non-hydrogen) atoms. The predicted molar refractivity (Wildman–Crippen MR) is 94.6 cm³/mol. The molecule has 1 aromatic carbocycles. The van der Waals surface area contributed by atoms with Gasteiger partial charge in [-0.25, -0.2) is 0 Å². The molecule has 1 heterocycles. The Labute approximate surface area is 140 Å². The number of carbonyl (C=O) groups excluding carboxylic acids is 1. The first-order valence-electron chi connectivity index (χ1n) is 7.36. The fourth-order valence-corrected chi connectivity index (χ4v) is 2.41. The lowest BCUT2D eigenvalue weighted by Crippen LogP contribution is -2.36. The van der Waals surface area contributed by atoms with Gasteiger partial charge in [0.2, 0.25) is 5.91 Å². The van der Waals surface area contributed by atoms with Gasteiger partial charge in [0.25, 0.3) is 0 Å². The van der Waals surface area contributed by atoms with Crippen LogP contribution in [0, 0.1) is 0 Å². The molecule has 0 bridgehead atoms. The van der Waals surface area contributed by atoms with E-state index < -0.39 is 6.04 Å². The molecule has 0 spiro atoms. The second kappa shape index (κ2) is 9.17. The summed E-state index contributed by atoms with van der Waals surface area (Å²) < 4.78 is 5.71. The minimum Gasteiger partial charge on any atom is -0.489 e. The summed E-state index contributed by atoms with van der Waals surface area (Å²) in [5.41, 5.74) is 7.53. The molecule has 0 aliphatic carbocycles. The van der Waals surface area contributed by atoms with Crippen molar-refractivity contribution in [2.24, 2.45) is 5.73 Å². The Balaban J connectivity index is 1.90. The number of rotatable bonds is 8. The van der Waals surface area contributed by atoms with E-state index in [9.17, 15) is 4.79 Å². The molecule has 122 valence electrons. The van der Waals surface area contributed by atoms with Crippen LogP contribution in [0.4, 0.5) is 5.69 Å². The average molecular weight is 331 g/mol. The highest BCUT2D eigenvalue weighted by atomic mass is 32.2. The first-order valence-corrected chi connectivity index (χ1v) is 8.75. The summed E-state index contributed by atoms with van der Waals surface area (Å²) in [5.74, 6) is 1.37. The first kappa shape index (κ1) is 17.3. The summed E-state index contributed by atoms with van der Waals surface area (Å²) in [4.78, 5) is 16.1. The van der Waals surface area contributed by atoms with E-state index in [1.807, 2.05) is 36.6 Å². The van der Waals surface area contributed by atoms with Crippen LogP contribution in [-0.4, -0.2) is 28.9 Å². The number of amides is 1. The number of nitrogens with zero attached hydrogens (tertiary/aromatic N) is 1. The minimum absolute atomic E-state index is 0.177. The monoisotopic (exact) mass is 331 g/mol. The lowest BCUT2D eigenvalue weighted by molar-refractivity contribution is -0.117. The zero-order chi connectivity index (χ0) is 16.5. The molecule has 0 radical (unpaired) electrons. The van der Waals surface area contributed by atoms with E-state index in [2.05, 4.69) is 10.3 Å². The minimum atomic E-state index is -0.498. The quantitative estimate of drug-likeness (QED) is 0.777. The van der Waals surface area contributed by atoms with Crippen molar-refractivity contribution in [1.82, 2.24) is 4.98 Å². The highest BCUT2D eigenvalue weighted by Crippen LogP contribution is 2.19. The maximum Gasteiger partial charge on any atom is 0.241 e. The van der Waals surface area contributed by atoms with Gasteiger partial charge in [0, 0.05) is 29.7 Å². The number of thioether (sulfide) groups is 1. The Morgan fingerprint density at radius 3 is 3.00 bits per heavy atom. The SMILES string of the molecule is CSCC[C@H](N)C(=O)Nc1cccc(OCc2cccnc2)c1. The number of nitrogens with one attached hydrogen (secondary N) is 1. The molecule has 0 unspecified atom stereocenters. The van der Waals surface area contributed by atoms with Crippen LogP contribution in [-0.2, 0) is 11.4 Å². The number of aromatic nitrogens is 1. The molecule has 6 heteroatoms. The van der Waals surface area contributed by atoms with Crippen molar-refractivity contribution >= 4 is 23.4 Å². The molecule has 0 aliphatic heterocycles. The standard InChI is InChI=1S/C17H21N3O2S/c1-23-9-7-16(18)17(21)20-14-5-2-6-15(10-14)22-12-13-4-3-8-19-11-13/h2-6,8,10-11,16H,7,9,12,18H2,1H3,(H,20,21)/t16-/m0/s1. The van der Waals surface area contributed by atoms with Crippen LogP contribution >= 0.6 is 11.8 Å². The van der Waals surface area contributed by atoms with Crippen molar-refractivity contribution in [2.75, 3.05) is 17.3 Å². The second-order valence-electron chi connectivity index (χ2n) is 5.05. The van der Waals surface area contributed by atoms with Gasteiger partial charge in [0.1, 0.15) is 12.4 Å².